The van der Waals surface area contributed by atoms with Gasteiger partial charge in [0.25, 0.3) is 0 Å². The number of terminal acetylenes is 1. The van der Waals surface area contributed by atoms with Gasteiger partial charge in [0.15, 0.2) is 5.82 Å². The summed E-state index contributed by atoms with van der Waals surface area (Å²) < 4.78 is 43.0. The first-order chi connectivity index (χ1) is 14.3. The molecule has 0 spiro atoms. The van der Waals surface area contributed by atoms with E-state index in [0.29, 0.717) is 22.7 Å². The van der Waals surface area contributed by atoms with Gasteiger partial charge in [-0.3, -0.25) is 0 Å². The highest BCUT2D eigenvalue weighted by atomic mass is 32.2. The van der Waals surface area contributed by atoms with Crippen molar-refractivity contribution in [3.63, 3.8) is 0 Å². The second-order valence-electron chi connectivity index (χ2n) is 6.72. The zero-order valence-electron chi connectivity index (χ0n) is 16.3. The Bertz CT molecular complexity index is 1200. The number of aryl methyl sites for hydroxylation is 1. The number of hydrogen-bond acceptors (Lipinski definition) is 5. The topological polar surface area (TPSA) is 95.2 Å². The van der Waals surface area contributed by atoms with Crippen molar-refractivity contribution in [2.45, 2.75) is 24.7 Å². The molecule has 2 N–H and O–H groups in total. The first-order valence-electron chi connectivity index (χ1n) is 9.04. The molecule has 0 unspecified atom stereocenters. The lowest BCUT2D eigenvalue weighted by Gasteiger charge is -2.09. The third-order valence-corrected chi connectivity index (χ3v) is 5.46. The van der Waals surface area contributed by atoms with Crippen molar-refractivity contribution in [2.75, 3.05) is 6.61 Å². The summed E-state index contributed by atoms with van der Waals surface area (Å²) in [5.74, 6) is 2.89. The summed E-state index contributed by atoms with van der Waals surface area (Å²) in [6.07, 6.45) is 6.80. The van der Waals surface area contributed by atoms with Gasteiger partial charge in [-0.1, -0.05) is 30.2 Å². The van der Waals surface area contributed by atoms with Gasteiger partial charge >= 0.3 is 0 Å². The molecule has 30 heavy (non-hydrogen) atoms. The minimum absolute atomic E-state index is 0.0504. The maximum absolute atomic E-state index is 14.2. The summed E-state index contributed by atoms with van der Waals surface area (Å²) in [5.41, 5.74) is 2.31. The number of rotatable bonds is 7. The third-order valence-electron chi connectivity index (χ3n) is 4.41. The highest BCUT2D eigenvalue weighted by Gasteiger charge is 2.14. The van der Waals surface area contributed by atoms with E-state index in [1.54, 1.807) is 31.2 Å². The van der Waals surface area contributed by atoms with Crippen molar-refractivity contribution in [2.24, 2.45) is 5.14 Å². The lowest BCUT2D eigenvalue weighted by atomic mass is 10.1. The summed E-state index contributed by atoms with van der Waals surface area (Å²) in [4.78, 5) is 8.41. The molecule has 6 nitrogen and oxygen atoms in total. The van der Waals surface area contributed by atoms with E-state index in [2.05, 4.69) is 15.9 Å². The average molecular weight is 425 g/mol. The van der Waals surface area contributed by atoms with Crippen molar-refractivity contribution in [1.82, 2.24) is 9.97 Å². The minimum atomic E-state index is -3.84. The predicted molar refractivity (Wildman–Crippen MR) is 111 cm³/mol. The maximum atomic E-state index is 14.2. The molecular weight excluding hydrogens is 405 g/mol. The molecule has 3 aromatic rings. The zero-order chi connectivity index (χ0) is 21.7. The van der Waals surface area contributed by atoms with Crippen LogP contribution in [0.25, 0.3) is 0 Å². The highest BCUT2D eigenvalue weighted by Crippen LogP contribution is 2.19. The standard InChI is InChI=1S/C22H20FN3O3S/c1-3-10-29-18-8-6-16(7-9-18)11-20-19(23)14-25-22(26-20)13-17-5-4-15(2)21(12-17)30(24,27)28/h1,4-9,12,14H,10-11,13H2,2H3,(H2,24,27,28). The van der Waals surface area contributed by atoms with Crippen LogP contribution in [0.2, 0.25) is 0 Å². The van der Waals surface area contributed by atoms with Crippen LogP contribution < -0.4 is 9.88 Å². The monoisotopic (exact) mass is 425 g/mol. The van der Waals surface area contributed by atoms with E-state index < -0.39 is 15.8 Å². The first kappa shape index (κ1) is 21.4. The molecule has 0 aliphatic carbocycles. The van der Waals surface area contributed by atoms with Crippen LogP contribution >= 0.6 is 0 Å². The van der Waals surface area contributed by atoms with Crippen molar-refractivity contribution >= 4 is 10.0 Å². The molecule has 2 aromatic carbocycles. The number of hydrogen-bond donors (Lipinski definition) is 1. The molecule has 0 aliphatic heterocycles. The van der Waals surface area contributed by atoms with Gasteiger partial charge in [0.2, 0.25) is 10.0 Å². The fraction of sp³-hybridized carbons (Fsp3) is 0.182. The smallest absolute Gasteiger partial charge is 0.238 e. The maximum Gasteiger partial charge on any atom is 0.238 e. The summed E-state index contributed by atoms with van der Waals surface area (Å²) in [7, 11) is -3.84. The molecule has 3 rings (SSSR count). The number of halogens is 1. The normalized spacial score (nSPS) is 11.1. The van der Waals surface area contributed by atoms with Crippen LogP contribution in [0.3, 0.4) is 0 Å². The highest BCUT2D eigenvalue weighted by molar-refractivity contribution is 7.89. The third kappa shape index (κ3) is 5.41. The van der Waals surface area contributed by atoms with Crippen molar-refractivity contribution in [3.8, 4) is 18.1 Å². The number of nitrogens with zero attached hydrogens (tertiary/aromatic N) is 2. The number of nitrogens with two attached hydrogens (primary N) is 1. The quantitative estimate of drug-likeness (QED) is 0.588. The number of primary sulfonamides is 1. The van der Waals surface area contributed by atoms with Crippen LogP contribution in [0.5, 0.6) is 5.75 Å². The van der Waals surface area contributed by atoms with E-state index in [0.717, 1.165) is 11.8 Å². The zero-order valence-corrected chi connectivity index (χ0v) is 17.1. The van der Waals surface area contributed by atoms with Crippen LogP contribution in [0.4, 0.5) is 4.39 Å². The van der Waals surface area contributed by atoms with Crippen LogP contribution in [0.1, 0.15) is 28.2 Å². The Balaban J connectivity index is 1.80. The van der Waals surface area contributed by atoms with Crippen LogP contribution in [-0.2, 0) is 22.9 Å². The van der Waals surface area contributed by atoms with E-state index in [4.69, 9.17) is 16.3 Å². The molecule has 0 amide bonds. The van der Waals surface area contributed by atoms with Gasteiger partial charge in [-0.25, -0.2) is 27.9 Å². The van der Waals surface area contributed by atoms with E-state index >= 15 is 0 Å². The molecule has 0 bridgehead atoms. The number of sulfonamides is 1. The Morgan fingerprint density at radius 2 is 1.83 bits per heavy atom. The minimum Gasteiger partial charge on any atom is -0.481 e. The molecule has 0 saturated heterocycles. The van der Waals surface area contributed by atoms with Crippen molar-refractivity contribution in [1.29, 1.82) is 0 Å². The fourth-order valence-electron chi connectivity index (χ4n) is 2.92. The average Bonchev–Trinajstić information content (AvgIpc) is 2.70. The summed E-state index contributed by atoms with van der Waals surface area (Å²) >= 11 is 0. The summed E-state index contributed by atoms with van der Waals surface area (Å²) in [6, 6.07) is 12.1. The Hall–Kier alpha value is -3.28. The van der Waals surface area contributed by atoms with Gasteiger partial charge in [0.1, 0.15) is 18.2 Å². The van der Waals surface area contributed by atoms with Gasteiger partial charge in [0, 0.05) is 12.8 Å². The number of aromatic nitrogens is 2. The molecule has 1 heterocycles. The fourth-order valence-corrected chi connectivity index (χ4v) is 3.75. The van der Waals surface area contributed by atoms with Crippen molar-refractivity contribution in [3.05, 3.63) is 82.7 Å². The lowest BCUT2D eigenvalue weighted by Crippen LogP contribution is -2.14. The summed E-state index contributed by atoms with van der Waals surface area (Å²) in [6.45, 7) is 1.84. The Morgan fingerprint density at radius 3 is 2.50 bits per heavy atom. The van der Waals surface area contributed by atoms with E-state index in [1.165, 1.54) is 6.07 Å². The van der Waals surface area contributed by atoms with Gasteiger partial charge in [0.05, 0.1) is 16.8 Å². The van der Waals surface area contributed by atoms with Crippen molar-refractivity contribution < 1.29 is 17.5 Å². The van der Waals surface area contributed by atoms with Crippen LogP contribution in [0.15, 0.2) is 53.6 Å². The molecule has 1 aromatic heterocycles. The van der Waals surface area contributed by atoms with Gasteiger partial charge in [-0.15, -0.1) is 6.42 Å². The van der Waals surface area contributed by atoms with E-state index in [9.17, 15) is 12.8 Å². The molecule has 8 heteroatoms. The Labute approximate surface area is 175 Å². The number of benzene rings is 2. The van der Waals surface area contributed by atoms with Gasteiger partial charge in [-0.2, -0.15) is 0 Å². The SMILES string of the molecule is C#CCOc1ccc(Cc2nc(Cc3ccc(C)c(S(N)(=O)=O)c3)ncc2F)cc1. The van der Waals surface area contributed by atoms with Crippen LogP contribution in [0, 0.1) is 25.1 Å². The van der Waals surface area contributed by atoms with Gasteiger partial charge < -0.3 is 4.74 Å². The molecular formula is C22H20FN3O3S. The Kier molecular flexibility index (Phi) is 6.45. The second kappa shape index (κ2) is 9.03. The van der Waals surface area contributed by atoms with E-state index in [1.807, 2.05) is 12.1 Å². The molecule has 0 aliphatic rings. The molecule has 154 valence electrons. The first-order valence-corrected chi connectivity index (χ1v) is 10.6. The molecule has 0 saturated carbocycles. The molecule has 0 radical (unpaired) electrons. The largest absolute Gasteiger partial charge is 0.481 e. The Morgan fingerprint density at radius 1 is 1.13 bits per heavy atom. The predicted octanol–water partition coefficient (Wildman–Crippen LogP) is 2.77. The second-order valence-corrected chi connectivity index (χ2v) is 8.25. The molecule has 0 atom stereocenters. The number of ether oxygens (including phenoxy) is 1. The lowest BCUT2D eigenvalue weighted by molar-refractivity contribution is 0.370. The van der Waals surface area contributed by atoms with Gasteiger partial charge in [-0.05, 0) is 41.8 Å². The van der Waals surface area contributed by atoms with E-state index in [-0.39, 0.29) is 30.0 Å². The summed E-state index contributed by atoms with van der Waals surface area (Å²) in [5, 5.41) is 5.26. The van der Waals surface area contributed by atoms with Crippen LogP contribution in [-0.4, -0.2) is 25.0 Å². The molecule has 0 fully saturated rings.